The number of carbonyl (C=O) groups is 2. The zero-order valence-electron chi connectivity index (χ0n) is 13.7. The number of fused-ring (bicyclic) bond motifs is 1. The summed E-state index contributed by atoms with van der Waals surface area (Å²) in [6.45, 7) is 0.948. The van der Waals surface area contributed by atoms with Crippen molar-refractivity contribution < 1.29 is 28.9 Å². The Morgan fingerprint density at radius 2 is 2.27 bits per heavy atom. The first kappa shape index (κ1) is 18.0. The summed E-state index contributed by atoms with van der Waals surface area (Å²) < 4.78 is 45.5. The van der Waals surface area contributed by atoms with Crippen LogP contribution in [-0.2, 0) is 11.3 Å². The van der Waals surface area contributed by atoms with Crippen LogP contribution in [0.4, 0.5) is 18.0 Å². The zero-order valence-corrected chi connectivity index (χ0v) is 13.7. The van der Waals surface area contributed by atoms with Gasteiger partial charge in [0.25, 0.3) is 0 Å². The minimum atomic E-state index is -1.75. The quantitative estimate of drug-likeness (QED) is 0.888. The van der Waals surface area contributed by atoms with Gasteiger partial charge in [-0.15, -0.1) is 0 Å². The van der Waals surface area contributed by atoms with Crippen molar-refractivity contribution in [3.05, 3.63) is 48.0 Å². The molecule has 9 heteroatoms. The lowest BCUT2D eigenvalue weighted by molar-refractivity contribution is -0.122. The molecular weight excluding hydrogens is 351 g/mol. The van der Waals surface area contributed by atoms with Crippen molar-refractivity contribution in [3.8, 4) is 5.75 Å². The number of rotatable bonds is 4. The molecule has 2 aliphatic rings. The first-order chi connectivity index (χ1) is 12.3. The van der Waals surface area contributed by atoms with Crippen molar-refractivity contribution in [2.45, 2.75) is 25.7 Å². The highest BCUT2D eigenvalue weighted by atomic mass is 19.1. The first-order valence-corrected chi connectivity index (χ1v) is 7.81. The lowest BCUT2D eigenvalue weighted by Gasteiger charge is -2.28. The van der Waals surface area contributed by atoms with Crippen LogP contribution in [0.15, 0.2) is 35.2 Å². The smallest absolute Gasteiger partial charge is 0.410 e. The highest BCUT2D eigenvalue weighted by Gasteiger charge is 2.30. The Bertz CT molecular complexity index is 816. The summed E-state index contributed by atoms with van der Waals surface area (Å²) in [5, 5.41) is 2.48. The second-order valence-electron chi connectivity index (χ2n) is 5.87. The van der Waals surface area contributed by atoms with E-state index in [9.17, 15) is 22.8 Å². The number of ether oxygens (including phenoxy) is 1. The molecule has 1 N–H and O–H groups in total. The molecule has 0 saturated carbocycles. The Kier molecular flexibility index (Phi) is 4.97. The monoisotopic (exact) mass is 368 g/mol. The van der Waals surface area contributed by atoms with Crippen molar-refractivity contribution in [2.75, 3.05) is 6.54 Å². The number of allylic oxidation sites excluding steroid dienone is 1. The molecule has 0 bridgehead atoms. The van der Waals surface area contributed by atoms with Gasteiger partial charge in [0, 0.05) is 1.43 Å². The third kappa shape index (κ3) is 3.71. The maximum atomic E-state index is 13.8. The van der Waals surface area contributed by atoms with Gasteiger partial charge in [0.05, 0.1) is 36.5 Å². The summed E-state index contributed by atoms with van der Waals surface area (Å²) in [4.78, 5) is 28.8. The lowest BCUT2D eigenvalue weighted by atomic mass is 10.0. The number of alkyl halides is 1. The van der Waals surface area contributed by atoms with Gasteiger partial charge in [-0.2, -0.15) is 0 Å². The maximum absolute atomic E-state index is 13.8. The molecule has 2 aliphatic heterocycles. The number of nitrogens with zero attached hydrogens (tertiary/aromatic N) is 2. The summed E-state index contributed by atoms with van der Waals surface area (Å²) in [6.07, 6.45) is -0.943. The molecule has 139 valence electrons. The molecule has 2 amide bonds. The fourth-order valence-electron chi connectivity index (χ4n) is 2.68. The molecule has 2 atom stereocenters. The molecule has 1 unspecified atom stereocenters. The summed E-state index contributed by atoms with van der Waals surface area (Å²) in [5.74, 6) is -1.84. The van der Waals surface area contributed by atoms with Crippen LogP contribution in [0.5, 0.6) is 5.75 Å². The Morgan fingerprint density at radius 3 is 3.00 bits per heavy atom. The number of carbonyl (C=O) groups excluding carboxylic acids is 2. The fourth-order valence-corrected chi connectivity index (χ4v) is 2.68. The van der Waals surface area contributed by atoms with E-state index in [-0.39, 0.29) is 25.0 Å². The molecule has 0 aromatic heterocycles. The molecule has 1 radical (unpaired) electrons. The van der Waals surface area contributed by atoms with Gasteiger partial charge in [-0.05, 0) is 19.1 Å². The van der Waals surface area contributed by atoms with Crippen LogP contribution in [0.2, 0.25) is 0 Å². The van der Waals surface area contributed by atoms with E-state index in [0.717, 1.165) is 17.5 Å². The molecule has 1 aromatic carbocycles. The second kappa shape index (κ2) is 7.19. The Morgan fingerprint density at radius 1 is 1.50 bits per heavy atom. The van der Waals surface area contributed by atoms with Crippen molar-refractivity contribution in [1.82, 2.24) is 10.2 Å². The van der Waals surface area contributed by atoms with E-state index < -0.39 is 42.4 Å². The first-order valence-electron chi connectivity index (χ1n) is 7.81. The van der Waals surface area contributed by atoms with E-state index in [0.29, 0.717) is 0 Å². The molecule has 0 spiro atoms. The number of amides is 2. The molecule has 0 aliphatic carbocycles. The second-order valence-corrected chi connectivity index (χ2v) is 5.87. The molecule has 3 rings (SSSR count). The number of benzene rings is 1. The van der Waals surface area contributed by atoms with Crippen LogP contribution in [0, 0.1) is 12.2 Å². The van der Waals surface area contributed by atoms with Crippen molar-refractivity contribution in [1.29, 1.82) is 0 Å². The highest BCUT2D eigenvalue weighted by molar-refractivity contribution is 5.98. The Labute approximate surface area is 148 Å². The third-order valence-corrected chi connectivity index (χ3v) is 3.96. The number of halogens is 3. The van der Waals surface area contributed by atoms with E-state index >= 15 is 0 Å². The molecule has 0 saturated heterocycles. The van der Waals surface area contributed by atoms with Gasteiger partial charge < -0.3 is 10.1 Å². The number of nitrogens with one attached hydrogen (secondary N) is 1. The molecular formula is C17H17F3N3O3. The normalized spacial score (nSPS) is 20.5. The van der Waals surface area contributed by atoms with Crippen molar-refractivity contribution in [3.63, 3.8) is 0 Å². The Hall–Kier alpha value is -2.84. The molecule has 6 nitrogen and oxygen atoms in total. The van der Waals surface area contributed by atoms with Crippen LogP contribution in [0.1, 0.15) is 13.9 Å². The summed E-state index contributed by atoms with van der Waals surface area (Å²) in [6, 6.07) is 3.28. The molecule has 26 heavy (non-hydrogen) atoms. The van der Waals surface area contributed by atoms with Gasteiger partial charge in [0.1, 0.15) is 23.9 Å². The van der Waals surface area contributed by atoms with Crippen LogP contribution in [0.3, 0.4) is 0 Å². The molecule has 2 heterocycles. The SMILES string of the molecule is C[C@@H](NC(=O)CN1Cc2c(F)cccc2OC1=O)C1=NC=C(F)[CH]C1F.[HH]. The minimum Gasteiger partial charge on any atom is -0.410 e. The number of aliphatic imine (C=N–C) groups is 1. The van der Waals surface area contributed by atoms with Gasteiger partial charge in [0.2, 0.25) is 5.91 Å². The highest BCUT2D eigenvalue weighted by Crippen LogP contribution is 2.27. The minimum absolute atomic E-state index is 0. The maximum Gasteiger partial charge on any atom is 0.416 e. The summed E-state index contributed by atoms with van der Waals surface area (Å²) in [5.41, 5.74) is 0.112. The van der Waals surface area contributed by atoms with Crippen LogP contribution in [0.25, 0.3) is 0 Å². The van der Waals surface area contributed by atoms with Crippen molar-refractivity contribution in [2.24, 2.45) is 4.99 Å². The van der Waals surface area contributed by atoms with E-state index in [2.05, 4.69) is 10.3 Å². The van der Waals surface area contributed by atoms with Crippen LogP contribution < -0.4 is 10.1 Å². The lowest BCUT2D eigenvalue weighted by Crippen LogP contribution is -2.49. The average Bonchev–Trinajstić information content (AvgIpc) is 2.56. The van der Waals surface area contributed by atoms with Gasteiger partial charge in [0.15, 0.2) is 6.17 Å². The van der Waals surface area contributed by atoms with E-state index in [4.69, 9.17) is 4.74 Å². The third-order valence-electron chi connectivity index (χ3n) is 3.96. The van der Waals surface area contributed by atoms with E-state index in [1.54, 1.807) is 0 Å². The largest absolute Gasteiger partial charge is 0.416 e. The van der Waals surface area contributed by atoms with Gasteiger partial charge in [-0.3, -0.25) is 14.7 Å². The van der Waals surface area contributed by atoms with Gasteiger partial charge in [-0.25, -0.2) is 18.0 Å². The van der Waals surface area contributed by atoms with E-state index in [1.807, 2.05) is 0 Å². The fraction of sp³-hybridized carbons (Fsp3) is 0.294. The predicted molar refractivity (Wildman–Crippen MR) is 88.4 cm³/mol. The average molecular weight is 368 g/mol. The zero-order chi connectivity index (χ0) is 18.8. The molecule has 1 aromatic rings. The van der Waals surface area contributed by atoms with Gasteiger partial charge >= 0.3 is 6.09 Å². The molecule has 0 fully saturated rings. The Balaban J connectivity index is 0.00000261. The number of hydrogen-bond donors (Lipinski definition) is 1. The summed E-state index contributed by atoms with van der Waals surface area (Å²) in [7, 11) is 0. The topological polar surface area (TPSA) is 71.0 Å². The van der Waals surface area contributed by atoms with Crippen LogP contribution in [-0.4, -0.2) is 41.4 Å². The standard InChI is InChI=1S/C17H15F3N3O3.H2/c1-9(16-13(20)5-10(18)6-21-16)22-15(24)8-23-7-11-12(19)3-2-4-14(11)26-17(23)25;/h2-6,9,13H,7-8H2,1H3,(H,22,24);1H/t9-,13?;/m1./s1. The van der Waals surface area contributed by atoms with Crippen molar-refractivity contribution >= 4 is 17.7 Å². The van der Waals surface area contributed by atoms with E-state index in [1.165, 1.54) is 25.1 Å². The van der Waals surface area contributed by atoms with Gasteiger partial charge in [-0.1, -0.05) is 6.07 Å². The predicted octanol–water partition coefficient (Wildman–Crippen LogP) is 2.70. The number of hydrogen-bond acceptors (Lipinski definition) is 4. The van der Waals surface area contributed by atoms with Crippen LogP contribution >= 0.6 is 0 Å². The summed E-state index contributed by atoms with van der Waals surface area (Å²) >= 11 is 0.